The molecule has 0 fully saturated rings. The zero-order chi connectivity index (χ0) is 18.8. The minimum absolute atomic E-state index is 0.107. The summed E-state index contributed by atoms with van der Waals surface area (Å²) in [6.45, 7) is 3.32. The third kappa shape index (κ3) is 6.66. The average Bonchev–Trinajstić information content (AvgIpc) is 2.63. The van der Waals surface area contributed by atoms with Crippen LogP contribution < -0.4 is 14.8 Å². The number of ether oxygens (including phenoxy) is 2. The van der Waals surface area contributed by atoms with Crippen LogP contribution in [0.15, 0.2) is 42.5 Å². The molecule has 136 valence electrons. The second kappa shape index (κ2) is 10.3. The molecule has 6 heteroatoms. The van der Waals surface area contributed by atoms with E-state index in [-0.39, 0.29) is 12.3 Å². The summed E-state index contributed by atoms with van der Waals surface area (Å²) in [6, 6.07) is 15.0. The molecule has 0 saturated heterocycles. The van der Waals surface area contributed by atoms with E-state index in [0.29, 0.717) is 26.2 Å². The zero-order valence-corrected chi connectivity index (χ0v) is 15.4. The lowest BCUT2D eigenvalue weighted by atomic mass is 10.1. The highest BCUT2D eigenvalue weighted by Crippen LogP contribution is 2.21. The Bertz CT molecular complexity index is 770. The lowest BCUT2D eigenvalue weighted by Gasteiger charge is -2.10. The molecular weight excluding hydrogens is 352 g/mol. The van der Waals surface area contributed by atoms with Gasteiger partial charge in [-0.2, -0.15) is 5.26 Å². The molecule has 2 aromatic rings. The predicted molar refractivity (Wildman–Crippen MR) is 101 cm³/mol. The molecule has 0 aliphatic rings. The van der Waals surface area contributed by atoms with E-state index >= 15 is 0 Å². The second-order valence-corrected chi connectivity index (χ2v) is 6.09. The molecule has 2 rings (SSSR count). The first-order chi connectivity index (χ1) is 12.6. The quantitative estimate of drug-likeness (QED) is 0.681. The van der Waals surface area contributed by atoms with E-state index < -0.39 is 0 Å². The van der Waals surface area contributed by atoms with E-state index in [9.17, 15) is 4.79 Å². The fourth-order valence-corrected chi connectivity index (χ4v) is 2.38. The van der Waals surface area contributed by atoms with Crippen molar-refractivity contribution in [3.05, 3.63) is 58.6 Å². The molecular formula is C20H21ClN2O3. The molecule has 0 atom stereocenters. The van der Waals surface area contributed by atoms with E-state index in [0.717, 1.165) is 27.6 Å². The van der Waals surface area contributed by atoms with E-state index in [4.69, 9.17) is 26.3 Å². The average molecular weight is 373 g/mol. The smallest absolute Gasteiger partial charge is 0.234 e. The predicted octanol–water partition coefficient (Wildman–Crippen LogP) is 3.68. The zero-order valence-electron chi connectivity index (χ0n) is 14.6. The number of rotatable bonds is 9. The molecule has 0 unspecified atom stereocenters. The number of amides is 1. The van der Waals surface area contributed by atoms with Gasteiger partial charge in [-0.1, -0.05) is 23.7 Å². The van der Waals surface area contributed by atoms with Crippen molar-refractivity contribution in [1.82, 2.24) is 5.32 Å². The van der Waals surface area contributed by atoms with Crippen LogP contribution in [0.4, 0.5) is 0 Å². The molecule has 0 aromatic heterocycles. The van der Waals surface area contributed by atoms with Crippen LogP contribution in [0.3, 0.4) is 0 Å². The van der Waals surface area contributed by atoms with E-state index in [2.05, 4.69) is 5.32 Å². The van der Waals surface area contributed by atoms with Crippen molar-refractivity contribution in [2.45, 2.75) is 19.8 Å². The fraction of sp³-hybridized carbons (Fsp3) is 0.300. The number of hydrogen-bond acceptors (Lipinski definition) is 4. The summed E-state index contributed by atoms with van der Waals surface area (Å²) in [6.07, 6.45) is 0.598. The van der Waals surface area contributed by atoms with Gasteiger partial charge in [0.05, 0.1) is 6.07 Å². The molecule has 0 bridgehead atoms. The van der Waals surface area contributed by atoms with Gasteiger partial charge < -0.3 is 14.8 Å². The molecule has 0 saturated carbocycles. The maximum Gasteiger partial charge on any atom is 0.234 e. The van der Waals surface area contributed by atoms with Gasteiger partial charge in [-0.25, -0.2) is 0 Å². The van der Waals surface area contributed by atoms with Gasteiger partial charge in [0.25, 0.3) is 0 Å². The van der Waals surface area contributed by atoms with Gasteiger partial charge in [-0.15, -0.1) is 0 Å². The van der Waals surface area contributed by atoms with Gasteiger partial charge >= 0.3 is 0 Å². The monoisotopic (exact) mass is 372 g/mol. The first kappa shape index (κ1) is 19.6. The van der Waals surface area contributed by atoms with Crippen molar-refractivity contribution in [3.63, 3.8) is 0 Å². The number of nitrogens with zero attached hydrogens (tertiary/aromatic N) is 1. The Labute approximate surface area is 158 Å². The fourth-order valence-electron chi connectivity index (χ4n) is 2.26. The number of carbonyl (C=O) groups is 1. The highest BCUT2D eigenvalue weighted by Gasteiger charge is 2.01. The second-order valence-electron chi connectivity index (χ2n) is 5.69. The molecule has 1 N–H and O–H groups in total. The molecule has 1 amide bonds. The Morgan fingerprint density at radius 1 is 1.12 bits per heavy atom. The summed E-state index contributed by atoms with van der Waals surface area (Å²) >= 11 is 5.98. The largest absolute Gasteiger partial charge is 0.490 e. The molecule has 0 heterocycles. The molecule has 2 aromatic carbocycles. The number of hydrogen-bond donors (Lipinski definition) is 1. The number of nitriles is 1. The summed E-state index contributed by atoms with van der Waals surface area (Å²) in [5.41, 5.74) is 2.06. The normalized spacial score (nSPS) is 10.0. The lowest BCUT2D eigenvalue weighted by molar-refractivity contribution is -0.120. The summed E-state index contributed by atoms with van der Waals surface area (Å²) in [5.74, 6) is 1.28. The highest BCUT2D eigenvalue weighted by atomic mass is 35.5. The van der Waals surface area contributed by atoms with E-state index in [1.165, 1.54) is 0 Å². The molecule has 0 spiro atoms. The van der Waals surface area contributed by atoms with Gasteiger partial charge in [0.15, 0.2) is 0 Å². The SMILES string of the molecule is Cc1cc(OCCOc2ccc(CCNC(=O)CC#N)cc2)ccc1Cl. The van der Waals surface area contributed by atoms with Gasteiger partial charge in [0, 0.05) is 11.6 Å². The third-order valence-corrected chi connectivity index (χ3v) is 4.07. The Balaban J connectivity index is 1.68. The van der Waals surface area contributed by atoms with Crippen molar-refractivity contribution in [2.24, 2.45) is 0 Å². The summed E-state index contributed by atoms with van der Waals surface area (Å²) in [7, 11) is 0. The van der Waals surface area contributed by atoms with Gasteiger partial charge in [-0.3, -0.25) is 4.79 Å². The van der Waals surface area contributed by atoms with Gasteiger partial charge in [0.1, 0.15) is 31.1 Å². The number of aryl methyl sites for hydroxylation is 1. The summed E-state index contributed by atoms with van der Waals surface area (Å²) in [4.78, 5) is 11.2. The third-order valence-electron chi connectivity index (χ3n) is 3.65. The van der Waals surface area contributed by atoms with Gasteiger partial charge in [-0.05, 0) is 54.8 Å². The lowest BCUT2D eigenvalue weighted by Crippen LogP contribution is -2.24. The summed E-state index contributed by atoms with van der Waals surface area (Å²) in [5, 5.41) is 11.8. The first-order valence-electron chi connectivity index (χ1n) is 8.33. The van der Waals surface area contributed by atoms with E-state index in [1.807, 2.05) is 55.5 Å². The van der Waals surface area contributed by atoms with Crippen molar-refractivity contribution >= 4 is 17.5 Å². The van der Waals surface area contributed by atoms with Crippen LogP contribution in [0.1, 0.15) is 17.5 Å². The topological polar surface area (TPSA) is 71.3 Å². The minimum Gasteiger partial charge on any atom is -0.490 e. The van der Waals surface area contributed by atoms with Crippen molar-refractivity contribution in [1.29, 1.82) is 5.26 Å². The number of benzene rings is 2. The van der Waals surface area contributed by atoms with Crippen molar-refractivity contribution < 1.29 is 14.3 Å². The van der Waals surface area contributed by atoms with E-state index in [1.54, 1.807) is 0 Å². The van der Waals surface area contributed by atoms with Crippen molar-refractivity contribution in [3.8, 4) is 17.6 Å². The standard InChI is InChI=1S/C20H21ClN2O3/c1-15-14-18(6-7-19(15)21)26-13-12-25-17-4-2-16(3-5-17)9-11-23-20(24)8-10-22/h2-7,14H,8-9,11-13H2,1H3,(H,23,24). The Kier molecular flexibility index (Phi) is 7.78. The summed E-state index contributed by atoms with van der Waals surface area (Å²) < 4.78 is 11.3. The van der Waals surface area contributed by atoms with Crippen LogP contribution in [-0.2, 0) is 11.2 Å². The highest BCUT2D eigenvalue weighted by molar-refractivity contribution is 6.31. The molecule has 0 aliphatic carbocycles. The van der Waals surface area contributed by atoms with Crippen LogP contribution in [0.2, 0.25) is 5.02 Å². The van der Waals surface area contributed by atoms with Crippen LogP contribution in [-0.4, -0.2) is 25.7 Å². The van der Waals surface area contributed by atoms with Crippen LogP contribution >= 0.6 is 11.6 Å². The molecule has 0 aliphatic heterocycles. The number of halogens is 1. The van der Waals surface area contributed by atoms with Crippen LogP contribution in [0.25, 0.3) is 0 Å². The Hall–Kier alpha value is -2.71. The maximum absolute atomic E-state index is 11.2. The molecule has 0 radical (unpaired) electrons. The maximum atomic E-state index is 11.2. The molecule has 5 nitrogen and oxygen atoms in total. The Morgan fingerprint density at radius 2 is 1.77 bits per heavy atom. The first-order valence-corrected chi connectivity index (χ1v) is 8.70. The van der Waals surface area contributed by atoms with Crippen LogP contribution in [0, 0.1) is 18.3 Å². The minimum atomic E-state index is -0.247. The van der Waals surface area contributed by atoms with Crippen molar-refractivity contribution in [2.75, 3.05) is 19.8 Å². The number of carbonyl (C=O) groups excluding carboxylic acids is 1. The Morgan fingerprint density at radius 3 is 2.42 bits per heavy atom. The van der Waals surface area contributed by atoms with Gasteiger partial charge in [0.2, 0.25) is 5.91 Å². The number of nitrogens with one attached hydrogen (secondary N) is 1. The molecule has 26 heavy (non-hydrogen) atoms. The van der Waals surface area contributed by atoms with Crippen LogP contribution in [0.5, 0.6) is 11.5 Å².